The van der Waals surface area contributed by atoms with Crippen LogP contribution in [0.1, 0.15) is 35.6 Å². The van der Waals surface area contributed by atoms with Crippen LogP contribution in [0.2, 0.25) is 0 Å². The lowest BCUT2D eigenvalue weighted by molar-refractivity contribution is 0.177. The second kappa shape index (κ2) is 10.2. The molecular formula is C21H32N6O2. The van der Waals surface area contributed by atoms with Crippen LogP contribution >= 0.6 is 0 Å². The van der Waals surface area contributed by atoms with Crippen molar-refractivity contribution in [3.05, 3.63) is 41.0 Å². The fourth-order valence-electron chi connectivity index (χ4n) is 3.54. The summed E-state index contributed by atoms with van der Waals surface area (Å²) in [7, 11) is 3.45. The normalized spacial score (nSPS) is 16.4. The maximum absolute atomic E-state index is 5.97. The van der Waals surface area contributed by atoms with Crippen LogP contribution in [0.5, 0.6) is 5.75 Å². The van der Waals surface area contributed by atoms with Gasteiger partial charge in [-0.3, -0.25) is 4.99 Å². The zero-order valence-electron chi connectivity index (χ0n) is 17.9. The first-order valence-corrected chi connectivity index (χ1v) is 10.2. The second-order valence-corrected chi connectivity index (χ2v) is 7.36. The standard InChI is InChI=1S/C21H32N6O2/c1-15-7-5-8-16(2)20(15)29-12-6-11-23-21(22-3)24-17-9-10-19-25-18(14-28-4)26-27(19)13-17/h5,7-8,17H,6,9-14H2,1-4H3,(H2,22,23,24). The molecule has 1 aliphatic rings. The Hall–Kier alpha value is -2.61. The minimum Gasteiger partial charge on any atom is -0.493 e. The average molecular weight is 401 g/mol. The van der Waals surface area contributed by atoms with Crippen molar-refractivity contribution >= 4 is 5.96 Å². The van der Waals surface area contributed by atoms with Gasteiger partial charge in [-0.1, -0.05) is 18.2 Å². The van der Waals surface area contributed by atoms with E-state index in [0.717, 1.165) is 55.7 Å². The zero-order valence-corrected chi connectivity index (χ0v) is 17.9. The van der Waals surface area contributed by atoms with Crippen LogP contribution in [-0.4, -0.2) is 54.1 Å². The molecule has 8 nitrogen and oxygen atoms in total. The molecule has 0 fully saturated rings. The third kappa shape index (κ3) is 5.69. The van der Waals surface area contributed by atoms with E-state index in [1.165, 1.54) is 11.1 Å². The number of hydrogen-bond acceptors (Lipinski definition) is 5. The number of rotatable bonds is 8. The molecule has 2 N–H and O–H groups in total. The van der Waals surface area contributed by atoms with Gasteiger partial charge in [-0.2, -0.15) is 5.10 Å². The maximum atomic E-state index is 5.97. The molecule has 1 aromatic heterocycles. The fraction of sp³-hybridized carbons (Fsp3) is 0.571. The summed E-state index contributed by atoms with van der Waals surface area (Å²) in [5.74, 6) is 3.58. The van der Waals surface area contributed by atoms with Crippen LogP contribution < -0.4 is 15.4 Å². The quantitative estimate of drug-likeness (QED) is 0.400. The van der Waals surface area contributed by atoms with Gasteiger partial charge in [-0.05, 0) is 37.8 Å². The predicted molar refractivity (Wildman–Crippen MR) is 113 cm³/mol. The van der Waals surface area contributed by atoms with Crippen molar-refractivity contribution in [2.75, 3.05) is 27.3 Å². The predicted octanol–water partition coefficient (Wildman–Crippen LogP) is 1.99. The molecule has 29 heavy (non-hydrogen) atoms. The number of nitrogens with zero attached hydrogens (tertiary/aromatic N) is 4. The number of aliphatic imine (C=N–C) groups is 1. The van der Waals surface area contributed by atoms with Gasteiger partial charge >= 0.3 is 0 Å². The summed E-state index contributed by atoms with van der Waals surface area (Å²) in [6.07, 6.45) is 2.79. The molecule has 1 aliphatic heterocycles. The van der Waals surface area contributed by atoms with Gasteiger partial charge in [0, 0.05) is 33.2 Å². The molecule has 158 valence electrons. The number of aryl methyl sites for hydroxylation is 3. The molecule has 0 amide bonds. The molecule has 1 unspecified atom stereocenters. The lowest BCUT2D eigenvalue weighted by Crippen LogP contribution is -2.47. The van der Waals surface area contributed by atoms with Crippen molar-refractivity contribution in [3.8, 4) is 5.75 Å². The number of hydrogen-bond donors (Lipinski definition) is 2. The number of para-hydroxylation sites is 1. The van der Waals surface area contributed by atoms with Crippen LogP contribution in [0.25, 0.3) is 0 Å². The molecule has 0 radical (unpaired) electrons. The van der Waals surface area contributed by atoms with Crippen molar-refractivity contribution < 1.29 is 9.47 Å². The van der Waals surface area contributed by atoms with Crippen molar-refractivity contribution in [2.45, 2.75) is 52.3 Å². The van der Waals surface area contributed by atoms with E-state index in [0.29, 0.717) is 13.2 Å². The van der Waals surface area contributed by atoms with Gasteiger partial charge in [-0.25, -0.2) is 9.67 Å². The second-order valence-electron chi connectivity index (χ2n) is 7.36. The molecule has 0 spiro atoms. The molecule has 1 aromatic carbocycles. The van der Waals surface area contributed by atoms with Gasteiger partial charge < -0.3 is 20.1 Å². The Kier molecular flexibility index (Phi) is 7.46. The Balaban J connectivity index is 1.40. The molecule has 0 bridgehead atoms. The summed E-state index contributed by atoms with van der Waals surface area (Å²) >= 11 is 0. The summed E-state index contributed by atoms with van der Waals surface area (Å²) in [5, 5.41) is 11.4. The molecular weight excluding hydrogens is 368 g/mol. The Bertz CT molecular complexity index is 812. The number of fused-ring (bicyclic) bond motifs is 1. The van der Waals surface area contributed by atoms with E-state index in [4.69, 9.17) is 9.47 Å². The van der Waals surface area contributed by atoms with Crippen LogP contribution in [0.15, 0.2) is 23.2 Å². The van der Waals surface area contributed by atoms with Gasteiger partial charge in [0.1, 0.15) is 18.2 Å². The third-order valence-corrected chi connectivity index (χ3v) is 5.01. The van der Waals surface area contributed by atoms with E-state index in [2.05, 4.69) is 57.8 Å². The van der Waals surface area contributed by atoms with Gasteiger partial charge in [0.25, 0.3) is 0 Å². The van der Waals surface area contributed by atoms with Crippen LogP contribution in [-0.2, 0) is 24.3 Å². The number of nitrogens with one attached hydrogen (secondary N) is 2. The van der Waals surface area contributed by atoms with Gasteiger partial charge in [0.15, 0.2) is 11.8 Å². The topological polar surface area (TPSA) is 85.6 Å². The highest BCUT2D eigenvalue weighted by molar-refractivity contribution is 5.79. The minimum absolute atomic E-state index is 0.275. The van der Waals surface area contributed by atoms with Crippen LogP contribution in [0, 0.1) is 13.8 Å². The van der Waals surface area contributed by atoms with Crippen molar-refractivity contribution in [2.24, 2.45) is 4.99 Å². The van der Waals surface area contributed by atoms with E-state index in [1.54, 1.807) is 14.2 Å². The van der Waals surface area contributed by atoms with Crippen molar-refractivity contribution in [3.63, 3.8) is 0 Å². The first-order chi connectivity index (χ1) is 14.1. The van der Waals surface area contributed by atoms with E-state index in [1.807, 2.05) is 4.68 Å². The Labute approximate surface area is 172 Å². The van der Waals surface area contributed by atoms with E-state index in [-0.39, 0.29) is 6.04 Å². The van der Waals surface area contributed by atoms with Gasteiger partial charge in [0.2, 0.25) is 0 Å². The molecule has 2 aromatic rings. The number of aromatic nitrogens is 3. The lowest BCUT2D eigenvalue weighted by atomic mass is 10.1. The summed E-state index contributed by atoms with van der Waals surface area (Å²) < 4.78 is 13.1. The van der Waals surface area contributed by atoms with E-state index < -0.39 is 0 Å². The Morgan fingerprint density at radius 3 is 2.83 bits per heavy atom. The highest BCUT2D eigenvalue weighted by Gasteiger charge is 2.22. The summed E-state index contributed by atoms with van der Waals surface area (Å²) in [4.78, 5) is 8.87. The molecule has 0 saturated carbocycles. The average Bonchev–Trinajstić information content (AvgIpc) is 3.10. The molecule has 0 saturated heterocycles. The van der Waals surface area contributed by atoms with Crippen molar-refractivity contribution in [1.29, 1.82) is 0 Å². The minimum atomic E-state index is 0.275. The molecule has 8 heteroatoms. The van der Waals surface area contributed by atoms with Crippen LogP contribution in [0.3, 0.4) is 0 Å². The number of guanidine groups is 1. The Morgan fingerprint density at radius 2 is 2.10 bits per heavy atom. The first-order valence-electron chi connectivity index (χ1n) is 10.2. The summed E-state index contributed by atoms with van der Waals surface area (Å²) in [6.45, 7) is 6.85. The first kappa shape index (κ1) is 21.1. The molecule has 3 rings (SSSR count). The Morgan fingerprint density at radius 1 is 1.31 bits per heavy atom. The zero-order chi connectivity index (χ0) is 20.6. The van der Waals surface area contributed by atoms with Gasteiger partial charge in [-0.15, -0.1) is 0 Å². The number of methoxy groups -OCH3 is 1. The number of benzene rings is 1. The smallest absolute Gasteiger partial charge is 0.191 e. The fourth-order valence-corrected chi connectivity index (χ4v) is 3.54. The summed E-state index contributed by atoms with van der Waals surface area (Å²) in [5.41, 5.74) is 2.35. The molecule has 0 aliphatic carbocycles. The van der Waals surface area contributed by atoms with Crippen LogP contribution in [0.4, 0.5) is 0 Å². The molecule has 1 atom stereocenters. The van der Waals surface area contributed by atoms with Gasteiger partial charge in [0.05, 0.1) is 13.2 Å². The highest BCUT2D eigenvalue weighted by Crippen LogP contribution is 2.22. The number of ether oxygens (including phenoxy) is 2. The monoisotopic (exact) mass is 400 g/mol. The van der Waals surface area contributed by atoms with E-state index >= 15 is 0 Å². The maximum Gasteiger partial charge on any atom is 0.191 e. The third-order valence-electron chi connectivity index (χ3n) is 5.01. The largest absolute Gasteiger partial charge is 0.493 e. The van der Waals surface area contributed by atoms with Crippen molar-refractivity contribution in [1.82, 2.24) is 25.4 Å². The SMILES string of the molecule is CN=C(NCCCOc1c(C)cccc1C)NC1CCc2nc(COC)nn2C1. The van der Waals surface area contributed by atoms with E-state index in [9.17, 15) is 0 Å². The summed E-state index contributed by atoms with van der Waals surface area (Å²) in [6, 6.07) is 6.49. The highest BCUT2D eigenvalue weighted by atomic mass is 16.5. The lowest BCUT2D eigenvalue weighted by Gasteiger charge is -2.25. The molecule has 2 heterocycles.